The molecular formula is C35H42O6S. The highest BCUT2D eigenvalue weighted by atomic mass is 32.2. The maximum atomic E-state index is 11.3. The molecule has 224 valence electrons. The second-order valence-electron chi connectivity index (χ2n) is 10.7. The van der Waals surface area contributed by atoms with E-state index in [4.69, 9.17) is 23.7 Å². The van der Waals surface area contributed by atoms with Gasteiger partial charge in [-0.3, -0.25) is 0 Å². The molecule has 7 heteroatoms. The van der Waals surface area contributed by atoms with Gasteiger partial charge >= 0.3 is 0 Å². The second-order valence-corrected chi connectivity index (χ2v) is 11.8. The van der Waals surface area contributed by atoms with E-state index in [0.29, 0.717) is 26.4 Å². The van der Waals surface area contributed by atoms with E-state index < -0.39 is 0 Å². The van der Waals surface area contributed by atoms with Crippen LogP contribution < -0.4 is 4.74 Å². The van der Waals surface area contributed by atoms with Crippen molar-refractivity contribution in [2.75, 3.05) is 33.0 Å². The molecule has 42 heavy (non-hydrogen) atoms. The van der Waals surface area contributed by atoms with Crippen LogP contribution in [0.3, 0.4) is 0 Å². The summed E-state index contributed by atoms with van der Waals surface area (Å²) < 4.78 is 30.2. The molecule has 1 aliphatic heterocycles. The Hall–Kier alpha value is -2.81. The third kappa shape index (κ3) is 7.97. The zero-order chi connectivity index (χ0) is 29.3. The lowest BCUT2D eigenvalue weighted by Gasteiger charge is -2.24. The Bertz CT molecular complexity index is 1420. The molecule has 4 aromatic carbocycles. The van der Waals surface area contributed by atoms with E-state index in [-0.39, 0.29) is 30.2 Å². The maximum absolute atomic E-state index is 11.3. The minimum Gasteiger partial charge on any atom is -0.507 e. The predicted molar refractivity (Wildman–Crippen MR) is 169 cm³/mol. The van der Waals surface area contributed by atoms with Crippen molar-refractivity contribution in [2.45, 2.75) is 74.2 Å². The summed E-state index contributed by atoms with van der Waals surface area (Å²) in [5.41, 5.74) is 0. The van der Waals surface area contributed by atoms with E-state index in [1.54, 1.807) is 11.8 Å². The van der Waals surface area contributed by atoms with E-state index in [9.17, 15) is 5.11 Å². The molecule has 4 aromatic rings. The Morgan fingerprint density at radius 3 is 1.98 bits per heavy atom. The van der Waals surface area contributed by atoms with Gasteiger partial charge in [-0.15, -0.1) is 0 Å². The third-order valence-electron chi connectivity index (χ3n) is 7.63. The van der Waals surface area contributed by atoms with Crippen molar-refractivity contribution < 1.29 is 28.8 Å². The topological polar surface area (TPSA) is 69.7 Å². The van der Waals surface area contributed by atoms with Gasteiger partial charge in [0.25, 0.3) is 0 Å². The first-order valence-corrected chi connectivity index (χ1v) is 15.9. The quantitative estimate of drug-likeness (QED) is 0.0987. The summed E-state index contributed by atoms with van der Waals surface area (Å²) in [4.78, 5) is 2.21. The van der Waals surface area contributed by atoms with Crippen LogP contribution in [0.15, 0.2) is 82.6 Å². The fourth-order valence-electron chi connectivity index (χ4n) is 4.86. The highest BCUT2D eigenvalue weighted by Gasteiger charge is 2.24. The maximum Gasteiger partial charge on any atom is 0.135 e. The van der Waals surface area contributed by atoms with Gasteiger partial charge in [0.15, 0.2) is 0 Å². The van der Waals surface area contributed by atoms with Gasteiger partial charge in [0, 0.05) is 31.3 Å². The van der Waals surface area contributed by atoms with Gasteiger partial charge in [-0.05, 0) is 49.6 Å². The molecule has 1 heterocycles. The van der Waals surface area contributed by atoms with Crippen molar-refractivity contribution >= 4 is 33.3 Å². The molecule has 4 unspecified atom stereocenters. The molecular weight excluding hydrogens is 548 g/mol. The molecule has 0 spiro atoms. The average Bonchev–Trinajstić information content (AvgIpc) is 3.86. The Morgan fingerprint density at radius 2 is 1.31 bits per heavy atom. The first kappa shape index (κ1) is 30.6. The third-order valence-corrected chi connectivity index (χ3v) is 8.63. The predicted octanol–water partition coefficient (Wildman–Crippen LogP) is 8.01. The number of epoxide rings is 1. The minimum atomic E-state index is -0.0941. The summed E-state index contributed by atoms with van der Waals surface area (Å²) in [6.07, 6.45) is 2.79. The Kier molecular flexibility index (Phi) is 11.0. The highest BCUT2D eigenvalue weighted by molar-refractivity contribution is 7.99. The molecule has 0 bridgehead atoms. The van der Waals surface area contributed by atoms with Gasteiger partial charge in [-0.1, -0.05) is 75.0 Å². The molecule has 5 rings (SSSR count). The number of benzene rings is 4. The first-order chi connectivity index (χ1) is 20.6. The molecule has 4 atom stereocenters. The van der Waals surface area contributed by atoms with Crippen molar-refractivity contribution in [1.82, 2.24) is 0 Å². The van der Waals surface area contributed by atoms with Crippen molar-refractivity contribution in [3.05, 3.63) is 72.8 Å². The van der Waals surface area contributed by atoms with Gasteiger partial charge in [0.05, 0.1) is 44.7 Å². The van der Waals surface area contributed by atoms with E-state index >= 15 is 0 Å². The van der Waals surface area contributed by atoms with Crippen LogP contribution in [0.25, 0.3) is 21.5 Å². The fraction of sp³-hybridized carbons (Fsp3) is 0.429. The summed E-state index contributed by atoms with van der Waals surface area (Å²) in [6.45, 7) is 9.22. The van der Waals surface area contributed by atoms with Crippen LogP contribution >= 0.6 is 11.8 Å². The van der Waals surface area contributed by atoms with E-state index in [1.807, 2.05) is 54.6 Å². The molecule has 0 aliphatic carbocycles. The summed E-state index contributed by atoms with van der Waals surface area (Å²) >= 11 is 1.67. The van der Waals surface area contributed by atoms with Crippen LogP contribution in [0.5, 0.6) is 11.5 Å². The van der Waals surface area contributed by atoms with Crippen molar-refractivity contribution in [1.29, 1.82) is 0 Å². The molecule has 6 nitrogen and oxygen atoms in total. The average molecular weight is 591 g/mol. The Morgan fingerprint density at radius 1 is 0.714 bits per heavy atom. The van der Waals surface area contributed by atoms with Crippen molar-refractivity contribution in [3.63, 3.8) is 0 Å². The van der Waals surface area contributed by atoms with Gasteiger partial charge in [0.2, 0.25) is 0 Å². The minimum absolute atomic E-state index is 0.00950. The fourth-order valence-corrected chi connectivity index (χ4v) is 5.74. The Labute approximate surface area is 253 Å². The SMILES string of the molecule is CCC(COc1c2ccccc2c(O)c2cc(Sc3ccccc3)ccc12)OCC(CC)OCC(CC)OCC1CO1. The second kappa shape index (κ2) is 15.1. The normalized spacial score (nSPS) is 16.9. The number of phenols is 1. The lowest BCUT2D eigenvalue weighted by Crippen LogP contribution is -2.30. The van der Waals surface area contributed by atoms with Crippen LogP contribution in [-0.4, -0.2) is 62.6 Å². The smallest absolute Gasteiger partial charge is 0.135 e. The number of hydrogen-bond acceptors (Lipinski definition) is 7. The summed E-state index contributed by atoms with van der Waals surface area (Å²) in [7, 11) is 0. The van der Waals surface area contributed by atoms with Gasteiger partial charge in [-0.2, -0.15) is 0 Å². The highest BCUT2D eigenvalue weighted by Crippen LogP contribution is 2.44. The number of phenolic OH excluding ortho intramolecular Hbond substituents is 1. The first-order valence-electron chi connectivity index (χ1n) is 15.1. The monoisotopic (exact) mass is 590 g/mol. The zero-order valence-corrected chi connectivity index (χ0v) is 25.6. The lowest BCUT2D eigenvalue weighted by molar-refractivity contribution is -0.0886. The van der Waals surface area contributed by atoms with Crippen LogP contribution in [-0.2, 0) is 18.9 Å². The van der Waals surface area contributed by atoms with Crippen LogP contribution in [0, 0.1) is 0 Å². The summed E-state index contributed by atoms with van der Waals surface area (Å²) in [5.74, 6) is 1.04. The molecule has 1 fully saturated rings. The van der Waals surface area contributed by atoms with E-state index in [0.717, 1.165) is 63.0 Å². The lowest BCUT2D eigenvalue weighted by atomic mass is 10.0. The van der Waals surface area contributed by atoms with Crippen molar-refractivity contribution in [3.8, 4) is 11.5 Å². The van der Waals surface area contributed by atoms with Crippen molar-refractivity contribution in [2.24, 2.45) is 0 Å². The summed E-state index contributed by atoms with van der Waals surface area (Å²) in [6, 6.07) is 24.3. The standard InChI is InChI=1S/C35H42O6S/c1-4-24(37-20-25(5-2)39-22-27-23-40-27)19-38-26(6-3)21-41-35-31-15-11-10-14-30(31)34(36)33-18-29(16-17-32(33)35)42-28-12-8-7-9-13-28/h7-18,24-27,36H,4-6,19-23H2,1-3H3. The van der Waals surface area contributed by atoms with Crippen LogP contribution in [0.2, 0.25) is 0 Å². The van der Waals surface area contributed by atoms with E-state index in [1.165, 1.54) is 0 Å². The Balaban J connectivity index is 1.26. The number of aromatic hydroxyl groups is 1. The number of fused-ring (bicyclic) bond motifs is 2. The molecule has 1 aliphatic rings. The van der Waals surface area contributed by atoms with Crippen LogP contribution in [0.1, 0.15) is 40.0 Å². The number of hydrogen-bond donors (Lipinski definition) is 1. The van der Waals surface area contributed by atoms with Gasteiger partial charge in [-0.25, -0.2) is 0 Å². The molecule has 1 saturated heterocycles. The zero-order valence-electron chi connectivity index (χ0n) is 24.8. The van der Waals surface area contributed by atoms with Crippen LogP contribution in [0.4, 0.5) is 0 Å². The molecule has 0 saturated carbocycles. The molecule has 0 radical (unpaired) electrons. The molecule has 0 amide bonds. The van der Waals surface area contributed by atoms with Gasteiger partial charge < -0.3 is 28.8 Å². The number of rotatable bonds is 17. The summed E-state index contributed by atoms with van der Waals surface area (Å²) in [5, 5.41) is 14.6. The molecule has 0 aromatic heterocycles. The number of ether oxygens (including phenoxy) is 5. The van der Waals surface area contributed by atoms with Gasteiger partial charge in [0.1, 0.15) is 24.2 Å². The molecule has 1 N–H and O–H groups in total. The largest absolute Gasteiger partial charge is 0.507 e. The van der Waals surface area contributed by atoms with E-state index in [2.05, 4.69) is 39.0 Å².